The van der Waals surface area contributed by atoms with Crippen molar-refractivity contribution in [2.24, 2.45) is 0 Å². The van der Waals surface area contributed by atoms with Crippen LogP contribution in [0.25, 0.3) is 33.9 Å². The van der Waals surface area contributed by atoms with Crippen LogP contribution in [-0.4, -0.2) is 14.9 Å². The molecule has 0 aliphatic carbocycles. The van der Waals surface area contributed by atoms with Crippen molar-refractivity contribution in [2.45, 2.75) is 0 Å². The molecule has 1 heterocycles. The van der Waals surface area contributed by atoms with Crippen molar-refractivity contribution in [3.63, 3.8) is 0 Å². The first-order chi connectivity index (χ1) is 13.1. The smallest absolute Gasteiger partial charge is 0.270 e. The highest BCUT2D eigenvalue weighted by atomic mass is 79.9. The number of halogens is 1. The summed E-state index contributed by atoms with van der Waals surface area (Å²) in [5.41, 5.74) is 4.35. The van der Waals surface area contributed by atoms with Crippen LogP contribution in [0.3, 0.4) is 0 Å². The fourth-order valence-electron chi connectivity index (χ4n) is 2.91. The molecule has 4 aromatic rings. The standard InChI is InChI=1S/C21H14BrN3O2/c22-17-11-9-15(10-12-17)20-19(14-5-2-1-3-6-14)23-21(24-20)16-7-4-8-18(13-16)25(26)27/h1-13H,(H,23,24). The van der Waals surface area contributed by atoms with Crippen LogP contribution in [0.15, 0.2) is 83.3 Å². The zero-order valence-corrected chi connectivity index (χ0v) is 15.7. The van der Waals surface area contributed by atoms with Crippen LogP contribution < -0.4 is 0 Å². The van der Waals surface area contributed by atoms with Crippen LogP contribution in [-0.2, 0) is 0 Å². The lowest BCUT2D eigenvalue weighted by Gasteiger charge is -2.03. The van der Waals surface area contributed by atoms with E-state index >= 15 is 0 Å². The van der Waals surface area contributed by atoms with E-state index in [9.17, 15) is 10.1 Å². The molecule has 0 aliphatic heterocycles. The van der Waals surface area contributed by atoms with Gasteiger partial charge in [-0.15, -0.1) is 0 Å². The number of nitro benzene ring substituents is 1. The van der Waals surface area contributed by atoms with Crippen LogP contribution >= 0.6 is 15.9 Å². The number of H-pyrrole nitrogens is 1. The molecule has 0 amide bonds. The Morgan fingerprint density at radius 1 is 0.852 bits per heavy atom. The average molecular weight is 420 g/mol. The number of aromatic nitrogens is 2. The molecule has 6 heteroatoms. The summed E-state index contributed by atoms with van der Waals surface area (Å²) < 4.78 is 0.992. The van der Waals surface area contributed by atoms with Crippen molar-refractivity contribution >= 4 is 21.6 Å². The third-order valence-electron chi connectivity index (χ3n) is 4.21. The Hall–Kier alpha value is -3.25. The van der Waals surface area contributed by atoms with Crippen molar-refractivity contribution in [1.29, 1.82) is 0 Å². The fraction of sp³-hybridized carbons (Fsp3) is 0. The summed E-state index contributed by atoms with van der Waals surface area (Å²) in [6.45, 7) is 0. The van der Waals surface area contributed by atoms with Gasteiger partial charge in [-0.3, -0.25) is 10.1 Å². The van der Waals surface area contributed by atoms with Gasteiger partial charge >= 0.3 is 0 Å². The molecule has 0 atom stereocenters. The number of hydrogen-bond acceptors (Lipinski definition) is 3. The zero-order valence-electron chi connectivity index (χ0n) is 14.1. The second-order valence-electron chi connectivity index (χ2n) is 5.99. The van der Waals surface area contributed by atoms with Gasteiger partial charge in [0.1, 0.15) is 5.82 Å². The molecule has 1 aromatic heterocycles. The highest BCUT2D eigenvalue weighted by Crippen LogP contribution is 2.34. The van der Waals surface area contributed by atoms with Gasteiger partial charge in [0.05, 0.1) is 16.3 Å². The summed E-state index contributed by atoms with van der Waals surface area (Å²) >= 11 is 3.46. The van der Waals surface area contributed by atoms with E-state index in [1.165, 1.54) is 12.1 Å². The number of nitro groups is 1. The summed E-state index contributed by atoms with van der Waals surface area (Å²) in [7, 11) is 0. The highest BCUT2D eigenvalue weighted by molar-refractivity contribution is 9.10. The first-order valence-corrected chi connectivity index (χ1v) is 9.07. The van der Waals surface area contributed by atoms with Gasteiger partial charge < -0.3 is 4.98 Å². The molecule has 132 valence electrons. The van der Waals surface area contributed by atoms with Crippen molar-refractivity contribution in [1.82, 2.24) is 9.97 Å². The van der Waals surface area contributed by atoms with Crippen LogP contribution in [0.2, 0.25) is 0 Å². The van der Waals surface area contributed by atoms with Gasteiger partial charge in [0, 0.05) is 33.3 Å². The largest absolute Gasteiger partial charge is 0.337 e. The van der Waals surface area contributed by atoms with E-state index in [4.69, 9.17) is 4.98 Å². The predicted molar refractivity (Wildman–Crippen MR) is 109 cm³/mol. The third-order valence-corrected chi connectivity index (χ3v) is 4.74. The lowest BCUT2D eigenvalue weighted by molar-refractivity contribution is -0.384. The van der Waals surface area contributed by atoms with Gasteiger partial charge in [0.2, 0.25) is 0 Å². The molecule has 3 aromatic carbocycles. The molecule has 0 unspecified atom stereocenters. The average Bonchev–Trinajstić information content (AvgIpc) is 3.15. The Morgan fingerprint density at radius 3 is 2.26 bits per heavy atom. The van der Waals surface area contributed by atoms with Gasteiger partial charge in [0.25, 0.3) is 5.69 Å². The zero-order chi connectivity index (χ0) is 18.8. The molecule has 0 aliphatic rings. The van der Waals surface area contributed by atoms with Gasteiger partial charge in [-0.25, -0.2) is 4.98 Å². The number of rotatable bonds is 4. The maximum Gasteiger partial charge on any atom is 0.270 e. The van der Waals surface area contributed by atoms with Crippen LogP contribution in [0.5, 0.6) is 0 Å². The SMILES string of the molecule is O=[N+]([O-])c1cccc(-c2nc(-c3ccccc3)c(-c3ccc(Br)cc3)[nH]2)c1. The number of hydrogen-bond donors (Lipinski definition) is 1. The number of benzene rings is 3. The summed E-state index contributed by atoms with van der Waals surface area (Å²) in [4.78, 5) is 18.8. The van der Waals surface area contributed by atoms with Crippen LogP contribution in [0.1, 0.15) is 0 Å². The molecule has 27 heavy (non-hydrogen) atoms. The number of nitrogens with one attached hydrogen (secondary N) is 1. The van der Waals surface area contributed by atoms with E-state index in [-0.39, 0.29) is 5.69 Å². The third kappa shape index (κ3) is 3.52. The number of aromatic amines is 1. The Labute approximate surface area is 164 Å². The topological polar surface area (TPSA) is 71.8 Å². The van der Waals surface area contributed by atoms with Gasteiger partial charge in [-0.1, -0.05) is 70.5 Å². The van der Waals surface area contributed by atoms with Gasteiger partial charge in [-0.05, 0) is 12.1 Å². The predicted octanol–water partition coefficient (Wildman–Crippen LogP) is 6.08. The number of nitrogens with zero attached hydrogens (tertiary/aromatic N) is 2. The quantitative estimate of drug-likeness (QED) is 0.321. The number of imidazole rings is 1. The highest BCUT2D eigenvalue weighted by Gasteiger charge is 2.16. The summed E-state index contributed by atoms with van der Waals surface area (Å²) in [5.74, 6) is 0.593. The van der Waals surface area contributed by atoms with Crippen LogP contribution in [0, 0.1) is 10.1 Å². The minimum absolute atomic E-state index is 0.0374. The van der Waals surface area contributed by atoms with E-state index in [1.807, 2.05) is 60.7 Å². The molecule has 0 bridgehead atoms. The lowest BCUT2D eigenvalue weighted by Crippen LogP contribution is -1.88. The fourth-order valence-corrected chi connectivity index (χ4v) is 3.17. The van der Waals surface area contributed by atoms with Crippen molar-refractivity contribution in [3.05, 3.63) is 93.4 Å². The van der Waals surface area contributed by atoms with E-state index in [1.54, 1.807) is 6.07 Å². The molecule has 0 radical (unpaired) electrons. The van der Waals surface area contributed by atoms with E-state index < -0.39 is 4.92 Å². The summed E-state index contributed by atoms with van der Waals surface area (Å²) in [6, 6.07) is 24.3. The van der Waals surface area contributed by atoms with Gasteiger partial charge in [-0.2, -0.15) is 0 Å². The summed E-state index contributed by atoms with van der Waals surface area (Å²) in [5, 5.41) is 11.1. The molecular weight excluding hydrogens is 406 g/mol. The molecule has 5 nitrogen and oxygen atoms in total. The van der Waals surface area contributed by atoms with Crippen molar-refractivity contribution < 1.29 is 4.92 Å². The van der Waals surface area contributed by atoms with E-state index in [0.29, 0.717) is 11.4 Å². The molecular formula is C21H14BrN3O2. The monoisotopic (exact) mass is 419 g/mol. The Kier molecular flexibility index (Phi) is 4.56. The van der Waals surface area contributed by atoms with E-state index in [0.717, 1.165) is 27.0 Å². The minimum Gasteiger partial charge on any atom is -0.337 e. The molecule has 0 spiro atoms. The first kappa shape index (κ1) is 17.2. The molecule has 1 N–H and O–H groups in total. The maximum atomic E-state index is 11.1. The lowest BCUT2D eigenvalue weighted by atomic mass is 10.1. The first-order valence-electron chi connectivity index (χ1n) is 8.28. The second-order valence-corrected chi connectivity index (χ2v) is 6.91. The van der Waals surface area contributed by atoms with Crippen LogP contribution in [0.4, 0.5) is 5.69 Å². The minimum atomic E-state index is -0.403. The van der Waals surface area contributed by atoms with Gasteiger partial charge in [0.15, 0.2) is 0 Å². The molecule has 4 rings (SSSR count). The Bertz CT molecular complexity index is 1110. The second kappa shape index (κ2) is 7.17. The maximum absolute atomic E-state index is 11.1. The van der Waals surface area contributed by atoms with Crippen molar-refractivity contribution in [2.75, 3.05) is 0 Å². The Balaban J connectivity index is 1.89. The van der Waals surface area contributed by atoms with Crippen molar-refractivity contribution in [3.8, 4) is 33.9 Å². The Morgan fingerprint density at radius 2 is 1.56 bits per heavy atom. The van der Waals surface area contributed by atoms with E-state index in [2.05, 4.69) is 20.9 Å². The summed E-state index contributed by atoms with van der Waals surface area (Å²) in [6.07, 6.45) is 0. The normalized spacial score (nSPS) is 10.7. The number of non-ortho nitro benzene ring substituents is 1. The molecule has 0 fully saturated rings. The molecule has 0 saturated carbocycles. The molecule has 0 saturated heterocycles.